The Labute approximate surface area is 188 Å². The summed E-state index contributed by atoms with van der Waals surface area (Å²) in [5, 5.41) is 0. The van der Waals surface area contributed by atoms with E-state index in [1.54, 1.807) is 0 Å². The quantitative estimate of drug-likeness (QED) is 0.631. The molecule has 3 aromatic rings. The maximum Gasteiger partial charge on any atom is 0.223 e. The van der Waals surface area contributed by atoms with Crippen LogP contribution in [0.4, 0.5) is 0 Å². The number of imidazole rings is 1. The molecular formula is C26H31N3O3. The summed E-state index contributed by atoms with van der Waals surface area (Å²) in [6, 6.07) is 18.3. The lowest BCUT2D eigenvalue weighted by Crippen LogP contribution is -2.52. The highest BCUT2D eigenvalue weighted by atomic mass is 16.5. The molecule has 1 amide bonds. The van der Waals surface area contributed by atoms with Gasteiger partial charge in [0, 0.05) is 39.0 Å². The summed E-state index contributed by atoms with van der Waals surface area (Å²) in [6.07, 6.45) is 4.97. The number of hydrogen-bond acceptors (Lipinski definition) is 4. The number of ether oxygens (including phenoxy) is 2. The van der Waals surface area contributed by atoms with E-state index in [1.807, 2.05) is 47.4 Å². The first-order chi connectivity index (χ1) is 15.7. The third kappa shape index (κ3) is 4.87. The lowest BCUT2D eigenvalue weighted by molar-refractivity contribution is -0.163. The van der Waals surface area contributed by atoms with E-state index >= 15 is 0 Å². The number of fused-ring (bicyclic) bond motifs is 1. The minimum absolute atomic E-state index is 0.144. The van der Waals surface area contributed by atoms with Crippen LogP contribution in [0.3, 0.4) is 0 Å². The van der Waals surface area contributed by atoms with Gasteiger partial charge in [-0.05, 0) is 37.0 Å². The van der Waals surface area contributed by atoms with Crippen LogP contribution >= 0.6 is 0 Å². The second-order valence-corrected chi connectivity index (χ2v) is 9.02. The number of H-pyrrole nitrogens is 1. The number of aryl methyl sites for hydroxylation is 1. The van der Waals surface area contributed by atoms with E-state index in [0.29, 0.717) is 19.4 Å². The van der Waals surface area contributed by atoms with Crippen molar-refractivity contribution >= 4 is 16.9 Å². The molecule has 1 aromatic heterocycles. The van der Waals surface area contributed by atoms with Crippen LogP contribution in [-0.4, -0.2) is 52.2 Å². The van der Waals surface area contributed by atoms with Crippen LogP contribution in [-0.2, 0) is 27.3 Å². The van der Waals surface area contributed by atoms with Crippen LogP contribution in [0.1, 0.15) is 43.5 Å². The van der Waals surface area contributed by atoms with E-state index in [1.165, 1.54) is 5.56 Å². The summed E-state index contributed by atoms with van der Waals surface area (Å²) < 4.78 is 12.5. The standard InChI is InChI=1S/C26H31N3O3/c30-25(11-10-24-27-22-8-4-5-9-23(22)28-24)29-15-13-26(14-16-29)18-21(12-17-32-26)31-19-20-6-2-1-3-7-20/h1-9,21H,10-19H2,(H,27,28). The number of amides is 1. The predicted octanol–water partition coefficient (Wildman–Crippen LogP) is 4.25. The van der Waals surface area contributed by atoms with Gasteiger partial charge in [0.1, 0.15) is 5.82 Å². The monoisotopic (exact) mass is 433 g/mol. The number of para-hydroxylation sites is 2. The minimum Gasteiger partial charge on any atom is -0.375 e. The van der Waals surface area contributed by atoms with E-state index in [4.69, 9.17) is 9.47 Å². The predicted molar refractivity (Wildman–Crippen MR) is 123 cm³/mol. The Hall–Kier alpha value is -2.70. The zero-order valence-corrected chi connectivity index (χ0v) is 18.5. The Balaban J connectivity index is 1.10. The molecule has 2 aliphatic heterocycles. The molecule has 6 nitrogen and oxygen atoms in total. The Morgan fingerprint density at radius 3 is 2.72 bits per heavy atom. The first-order valence-corrected chi connectivity index (χ1v) is 11.7. The van der Waals surface area contributed by atoms with Crippen LogP contribution < -0.4 is 0 Å². The lowest BCUT2D eigenvalue weighted by Gasteiger charge is -2.46. The molecule has 5 rings (SSSR count). The highest BCUT2D eigenvalue weighted by Crippen LogP contribution is 2.36. The molecule has 1 atom stereocenters. The Kier molecular flexibility index (Phi) is 6.23. The summed E-state index contributed by atoms with van der Waals surface area (Å²) >= 11 is 0. The van der Waals surface area contributed by atoms with Crippen molar-refractivity contribution in [2.75, 3.05) is 19.7 Å². The molecule has 0 saturated carbocycles. The van der Waals surface area contributed by atoms with Crippen molar-refractivity contribution in [3.8, 4) is 0 Å². The molecule has 2 saturated heterocycles. The summed E-state index contributed by atoms with van der Waals surface area (Å²) in [5.74, 6) is 1.08. The molecule has 1 N–H and O–H groups in total. The number of aromatic amines is 1. The molecule has 2 aliphatic rings. The normalized spacial score (nSPS) is 20.6. The van der Waals surface area contributed by atoms with Gasteiger partial charge in [-0.25, -0.2) is 4.98 Å². The molecule has 0 radical (unpaired) electrons. The zero-order chi connectivity index (χ0) is 21.8. The van der Waals surface area contributed by atoms with Gasteiger partial charge in [0.25, 0.3) is 0 Å². The number of carbonyl (C=O) groups excluding carboxylic acids is 1. The zero-order valence-electron chi connectivity index (χ0n) is 18.5. The average molecular weight is 434 g/mol. The van der Waals surface area contributed by atoms with E-state index in [2.05, 4.69) is 22.1 Å². The van der Waals surface area contributed by atoms with Crippen LogP contribution in [0.5, 0.6) is 0 Å². The van der Waals surface area contributed by atoms with Crippen molar-refractivity contribution in [3.63, 3.8) is 0 Å². The van der Waals surface area contributed by atoms with Crippen molar-refractivity contribution < 1.29 is 14.3 Å². The Bertz CT molecular complexity index is 1010. The molecule has 32 heavy (non-hydrogen) atoms. The maximum atomic E-state index is 12.8. The smallest absolute Gasteiger partial charge is 0.223 e. The number of nitrogens with zero attached hydrogens (tertiary/aromatic N) is 2. The third-order valence-corrected chi connectivity index (χ3v) is 6.82. The number of hydrogen-bond donors (Lipinski definition) is 1. The van der Waals surface area contributed by atoms with Crippen LogP contribution in [0.15, 0.2) is 54.6 Å². The summed E-state index contributed by atoms with van der Waals surface area (Å²) in [6.45, 7) is 2.89. The molecule has 2 aromatic carbocycles. The molecule has 1 spiro atoms. The van der Waals surface area contributed by atoms with Crippen molar-refractivity contribution in [2.45, 2.75) is 56.8 Å². The lowest BCUT2D eigenvalue weighted by atomic mass is 9.83. The number of aromatic nitrogens is 2. The van der Waals surface area contributed by atoms with Gasteiger partial charge in [-0.3, -0.25) is 4.79 Å². The fraction of sp³-hybridized carbons (Fsp3) is 0.462. The van der Waals surface area contributed by atoms with E-state index in [0.717, 1.165) is 62.2 Å². The highest BCUT2D eigenvalue weighted by molar-refractivity contribution is 5.77. The second kappa shape index (κ2) is 9.43. The topological polar surface area (TPSA) is 67.5 Å². The van der Waals surface area contributed by atoms with Crippen LogP contribution in [0.2, 0.25) is 0 Å². The van der Waals surface area contributed by atoms with Gasteiger partial charge >= 0.3 is 0 Å². The first-order valence-electron chi connectivity index (χ1n) is 11.7. The third-order valence-electron chi connectivity index (χ3n) is 6.82. The summed E-state index contributed by atoms with van der Waals surface area (Å²) in [4.78, 5) is 22.7. The van der Waals surface area contributed by atoms with Gasteiger partial charge in [0.05, 0.1) is 29.3 Å². The molecule has 0 aliphatic carbocycles. The number of likely N-dealkylation sites (tertiary alicyclic amines) is 1. The molecule has 1 unspecified atom stereocenters. The molecule has 6 heteroatoms. The summed E-state index contributed by atoms with van der Waals surface area (Å²) in [7, 11) is 0. The Morgan fingerprint density at radius 1 is 1.12 bits per heavy atom. The van der Waals surface area contributed by atoms with Crippen molar-refractivity contribution in [2.24, 2.45) is 0 Å². The number of piperidine rings is 1. The van der Waals surface area contributed by atoms with E-state index < -0.39 is 0 Å². The van der Waals surface area contributed by atoms with E-state index in [-0.39, 0.29) is 17.6 Å². The highest BCUT2D eigenvalue weighted by Gasteiger charge is 2.41. The van der Waals surface area contributed by atoms with Crippen molar-refractivity contribution in [1.82, 2.24) is 14.9 Å². The maximum absolute atomic E-state index is 12.8. The van der Waals surface area contributed by atoms with Gasteiger partial charge in [-0.2, -0.15) is 0 Å². The Morgan fingerprint density at radius 2 is 1.91 bits per heavy atom. The van der Waals surface area contributed by atoms with Gasteiger partial charge < -0.3 is 19.4 Å². The fourth-order valence-electron chi connectivity index (χ4n) is 4.93. The number of benzene rings is 2. The van der Waals surface area contributed by atoms with Crippen LogP contribution in [0, 0.1) is 0 Å². The number of rotatable bonds is 6. The summed E-state index contributed by atoms with van der Waals surface area (Å²) in [5.41, 5.74) is 3.04. The van der Waals surface area contributed by atoms with Crippen molar-refractivity contribution in [3.05, 3.63) is 66.0 Å². The van der Waals surface area contributed by atoms with Gasteiger partial charge in [0.15, 0.2) is 0 Å². The minimum atomic E-state index is -0.144. The van der Waals surface area contributed by atoms with Crippen molar-refractivity contribution in [1.29, 1.82) is 0 Å². The first kappa shape index (κ1) is 21.2. The van der Waals surface area contributed by atoms with Gasteiger partial charge in [0.2, 0.25) is 5.91 Å². The number of nitrogens with one attached hydrogen (secondary N) is 1. The van der Waals surface area contributed by atoms with E-state index in [9.17, 15) is 4.79 Å². The average Bonchev–Trinajstić information content (AvgIpc) is 3.26. The molecular weight excluding hydrogens is 402 g/mol. The van der Waals surface area contributed by atoms with Crippen LogP contribution in [0.25, 0.3) is 11.0 Å². The largest absolute Gasteiger partial charge is 0.375 e. The SMILES string of the molecule is O=C(CCc1nc2ccccc2[nH]1)N1CCC2(CC1)CC(OCc1ccccc1)CCO2. The molecule has 168 valence electrons. The molecule has 2 fully saturated rings. The molecule has 3 heterocycles. The fourth-order valence-corrected chi connectivity index (χ4v) is 4.93. The second-order valence-electron chi connectivity index (χ2n) is 9.02. The van der Waals surface area contributed by atoms with Gasteiger partial charge in [-0.1, -0.05) is 42.5 Å². The molecule has 0 bridgehead atoms. The number of carbonyl (C=O) groups is 1. The van der Waals surface area contributed by atoms with Gasteiger partial charge in [-0.15, -0.1) is 0 Å².